The second-order valence-corrected chi connectivity index (χ2v) is 4.43. The third-order valence-corrected chi connectivity index (χ3v) is 3.18. The number of aromatic nitrogens is 1. The fourth-order valence-corrected chi connectivity index (χ4v) is 2.30. The van der Waals surface area contributed by atoms with Gasteiger partial charge in [0.15, 0.2) is 0 Å². The molecule has 0 bridgehead atoms. The summed E-state index contributed by atoms with van der Waals surface area (Å²) in [7, 11) is 0. The highest BCUT2D eigenvalue weighted by atomic mass is 14.7. The Labute approximate surface area is 109 Å². The van der Waals surface area contributed by atoms with Crippen molar-refractivity contribution in [2.75, 3.05) is 0 Å². The zero-order valence-corrected chi connectivity index (χ0v) is 11.3. The molecule has 2 rings (SSSR count). The van der Waals surface area contributed by atoms with Crippen LogP contribution in [0.2, 0.25) is 0 Å². The Morgan fingerprint density at radius 3 is 2.78 bits per heavy atom. The summed E-state index contributed by atoms with van der Waals surface area (Å²) in [6, 6.07) is 10.6. The van der Waals surface area contributed by atoms with Gasteiger partial charge in [0.2, 0.25) is 0 Å². The second-order valence-electron chi connectivity index (χ2n) is 4.43. The van der Waals surface area contributed by atoms with Crippen molar-refractivity contribution < 1.29 is 0 Å². The van der Waals surface area contributed by atoms with Crippen molar-refractivity contribution in [1.29, 1.82) is 0 Å². The molecule has 1 heteroatoms. The van der Waals surface area contributed by atoms with Gasteiger partial charge in [0.25, 0.3) is 0 Å². The van der Waals surface area contributed by atoms with Crippen LogP contribution in [0.1, 0.15) is 30.5 Å². The standard InChI is InChI=1S/C17H19N/c1-4-7-14-10-11-18-17(12-14)16-9-6-8-13(3)15(16)5-2/h4,6-12H,5H2,1-3H3/b7-4-. The van der Waals surface area contributed by atoms with Crippen molar-refractivity contribution in [3.63, 3.8) is 0 Å². The molecule has 0 radical (unpaired) electrons. The monoisotopic (exact) mass is 237 g/mol. The summed E-state index contributed by atoms with van der Waals surface area (Å²) in [5.74, 6) is 0. The van der Waals surface area contributed by atoms with E-state index in [1.165, 1.54) is 22.3 Å². The first-order chi connectivity index (χ1) is 8.76. The van der Waals surface area contributed by atoms with Crippen LogP contribution in [0.5, 0.6) is 0 Å². The highest BCUT2D eigenvalue weighted by Gasteiger charge is 2.07. The number of hydrogen-bond donors (Lipinski definition) is 0. The zero-order chi connectivity index (χ0) is 13.0. The van der Waals surface area contributed by atoms with Crippen LogP contribution in [0.4, 0.5) is 0 Å². The first-order valence-electron chi connectivity index (χ1n) is 6.44. The van der Waals surface area contributed by atoms with Gasteiger partial charge in [-0.05, 0) is 49.1 Å². The molecule has 0 amide bonds. The molecule has 1 aromatic heterocycles. The van der Waals surface area contributed by atoms with Crippen LogP contribution in [0, 0.1) is 6.92 Å². The van der Waals surface area contributed by atoms with Gasteiger partial charge in [-0.3, -0.25) is 4.98 Å². The van der Waals surface area contributed by atoms with Crippen LogP contribution in [0.3, 0.4) is 0 Å². The Kier molecular flexibility index (Phi) is 3.93. The van der Waals surface area contributed by atoms with Gasteiger partial charge in [-0.25, -0.2) is 0 Å². The van der Waals surface area contributed by atoms with Crippen LogP contribution >= 0.6 is 0 Å². The zero-order valence-electron chi connectivity index (χ0n) is 11.3. The summed E-state index contributed by atoms with van der Waals surface area (Å²) in [6.07, 6.45) is 7.08. The lowest BCUT2D eigenvalue weighted by Gasteiger charge is -2.10. The van der Waals surface area contributed by atoms with Crippen molar-refractivity contribution in [2.24, 2.45) is 0 Å². The van der Waals surface area contributed by atoms with E-state index >= 15 is 0 Å². The lowest BCUT2D eigenvalue weighted by Crippen LogP contribution is -1.93. The van der Waals surface area contributed by atoms with Crippen molar-refractivity contribution >= 4 is 6.08 Å². The molecule has 1 aromatic carbocycles. The molecular weight excluding hydrogens is 218 g/mol. The van der Waals surface area contributed by atoms with Crippen LogP contribution < -0.4 is 0 Å². The minimum Gasteiger partial charge on any atom is -0.256 e. The molecule has 1 nitrogen and oxygen atoms in total. The highest BCUT2D eigenvalue weighted by Crippen LogP contribution is 2.25. The van der Waals surface area contributed by atoms with Crippen molar-refractivity contribution in [3.05, 3.63) is 59.3 Å². The average molecular weight is 237 g/mol. The quantitative estimate of drug-likeness (QED) is 0.757. The molecule has 0 saturated carbocycles. The number of pyridine rings is 1. The Hall–Kier alpha value is -1.89. The Bertz CT molecular complexity index is 568. The maximum Gasteiger partial charge on any atom is 0.0710 e. The number of benzene rings is 1. The molecule has 0 fully saturated rings. The largest absolute Gasteiger partial charge is 0.256 e. The Morgan fingerprint density at radius 1 is 1.22 bits per heavy atom. The molecule has 0 saturated heterocycles. The van der Waals surface area contributed by atoms with Gasteiger partial charge in [0.05, 0.1) is 5.69 Å². The first kappa shape index (κ1) is 12.6. The van der Waals surface area contributed by atoms with Crippen molar-refractivity contribution in [2.45, 2.75) is 27.2 Å². The van der Waals surface area contributed by atoms with E-state index < -0.39 is 0 Å². The summed E-state index contributed by atoms with van der Waals surface area (Å²) < 4.78 is 0. The number of hydrogen-bond acceptors (Lipinski definition) is 1. The predicted molar refractivity (Wildman–Crippen MR) is 78.5 cm³/mol. The molecule has 0 aliphatic heterocycles. The van der Waals surface area contributed by atoms with E-state index in [0.717, 1.165) is 12.1 Å². The molecule has 0 atom stereocenters. The number of allylic oxidation sites excluding steroid dienone is 1. The van der Waals surface area contributed by atoms with Crippen LogP contribution in [-0.2, 0) is 6.42 Å². The van der Waals surface area contributed by atoms with Gasteiger partial charge in [0, 0.05) is 11.8 Å². The molecule has 18 heavy (non-hydrogen) atoms. The van der Waals surface area contributed by atoms with E-state index in [2.05, 4.69) is 55.2 Å². The SMILES string of the molecule is C/C=C\c1ccnc(-c2cccc(C)c2CC)c1. The molecule has 1 heterocycles. The molecule has 0 aliphatic rings. The lowest BCUT2D eigenvalue weighted by molar-refractivity contribution is 1.10. The van der Waals surface area contributed by atoms with E-state index in [0.29, 0.717) is 0 Å². The molecule has 0 aliphatic carbocycles. The topological polar surface area (TPSA) is 12.9 Å². The summed E-state index contributed by atoms with van der Waals surface area (Å²) in [5, 5.41) is 0. The van der Waals surface area contributed by atoms with Gasteiger partial charge in [-0.1, -0.05) is 37.3 Å². The average Bonchev–Trinajstić information content (AvgIpc) is 2.39. The lowest BCUT2D eigenvalue weighted by atomic mass is 9.96. The van der Waals surface area contributed by atoms with Gasteiger partial charge in [-0.2, -0.15) is 0 Å². The molecule has 92 valence electrons. The Morgan fingerprint density at radius 2 is 2.06 bits per heavy atom. The van der Waals surface area contributed by atoms with Crippen molar-refractivity contribution in [3.8, 4) is 11.3 Å². The Balaban J connectivity index is 2.55. The minimum absolute atomic E-state index is 1.04. The summed E-state index contributed by atoms with van der Waals surface area (Å²) in [5.41, 5.74) is 6.25. The maximum atomic E-state index is 4.51. The van der Waals surface area contributed by atoms with E-state index in [4.69, 9.17) is 0 Å². The third kappa shape index (κ3) is 2.51. The van der Waals surface area contributed by atoms with Crippen molar-refractivity contribution in [1.82, 2.24) is 4.98 Å². The fraction of sp³-hybridized carbons (Fsp3) is 0.235. The molecule has 0 N–H and O–H groups in total. The van der Waals surface area contributed by atoms with Crippen LogP contribution in [0.25, 0.3) is 17.3 Å². The number of nitrogens with zero attached hydrogens (tertiary/aromatic N) is 1. The van der Waals surface area contributed by atoms with E-state index in [1.54, 1.807) is 0 Å². The fourth-order valence-electron chi connectivity index (χ4n) is 2.30. The van der Waals surface area contributed by atoms with Crippen LogP contribution in [-0.4, -0.2) is 4.98 Å². The second kappa shape index (κ2) is 5.63. The van der Waals surface area contributed by atoms with Gasteiger partial charge in [0.1, 0.15) is 0 Å². The van der Waals surface area contributed by atoms with Crippen LogP contribution in [0.15, 0.2) is 42.6 Å². The molecular formula is C17H19N. The van der Waals surface area contributed by atoms with E-state index in [9.17, 15) is 0 Å². The molecule has 0 spiro atoms. The van der Waals surface area contributed by atoms with Gasteiger partial charge < -0.3 is 0 Å². The van der Waals surface area contributed by atoms with Gasteiger partial charge in [-0.15, -0.1) is 0 Å². The number of rotatable bonds is 3. The van der Waals surface area contributed by atoms with Gasteiger partial charge >= 0.3 is 0 Å². The van der Waals surface area contributed by atoms with E-state index in [-0.39, 0.29) is 0 Å². The summed E-state index contributed by atoms with van der Waals surface area (Å²) >= 11 is 0. The normalized spacial score (nSPS) is 11.1. The highest BCUT2D eigenvalue weighted by molar-refractivity contribution is 5.68. The maximum absolute atomic E-state index is 4.51. The number of aryl methyl sites for hydroxylation is 1. The molecule has 0 unspecified atom stereocenters. The summed E-state index contributed by atoms with van der Waals surface area (Å²) in [6.45, 7) is 6.39. The third-order valence-electron chi connectivity index (χ3n) is 3.18. The predicted octanol–water partition coefficient (Wildman–Crippen LogP) is 4.65. The smallest absolute Gasteiger partial charge is 0.0710 e. The first-order valence-corrected chi connectivity index (χ1v) is 6.44. The minimum atomic E-state index is 1.04. The van der Waals surface area contributed by atoms with E-state index in [1.807, 2.05) is 19.2 Å². The summed E-state index contributed by atoms with van der Waals surface area (Å²) in [4.78, 5) is 4.51. The molecule has 2 aromatic rings.